The number of aryl methyl sites for hydroxylation is 3. The lowest BCUT2D eigenvalue weighted by atomic mass is 9.77. The first-order chi connectivity index (χ1) is 16.6. The van der Waals surface area contributed by atoms with E-state index in [1.807, 2.05) is 73.1 Å². The summed E-state index contributed by atoms with van der Waals surface area (Å²) < 4.78 is 15.7. The van der Waals surface area contributed by atoms with Crippen molar-refractivity contribution in [3.63, 3.8) is 0 Å². The molecule has 200 valence electrons. The molecule has 1 N–H and O–H groups in total. The maximum atomic E-state index is 14.0. The van der Waals surface area contributed by atoms with Crippen molar-refractivity contribution >= 4 is 5.65 Å². The first kappa shape index (κ1) is 31.5. The molecule has 5 heteroatoms. The fraction of sp³-hybridized carbons (Fsp3) is 0.548. The van der Waals surface area contributed by atoms with Crippen LogP contribution >= 0.6 is 0 Å². The Morgan fingerprint density at radius 1 is 1.00 bits per heavy atom. The molecule has 0 bridgehead atoms. The van der Waals surface area contributed by atoms with Gasteiger partial charge in [0.05, 0.1) is 11.4 Å². The average Bonchev–Trinajstić information content (AvgIpc) is 3.10. The fourth-order valence-electron chi connectivity index (χ4n) is 4.93. The zero-order valence-electron chi connectivity index (χ0n) is 24.8. The van der Waals surface area contributed by atoms with E-state index in [4.69, 9.17) is 0 Å². The van der Waals surface area contributed by atoms with Gasteiger partial charge >= 0.3 is 0 Å². The van der Waals surface area contributed by atoms with E-state index in [1.54, 1.807) is 4.40 Å². The van der Waals surface area contributed by atoms with Gasteiger partial charge in [0.1, 0.15) is 0 Å². The molecule has 0 unspecified atom stereocenters. The lowest BCUT2D eigenvalue weighted by Gasteiger charge is -2.45. The predicted octanol–water partition coefficient (Wildman–Crippen LogP) is 8.63. The van der Waals surface area contributed by atoms with Crippen molar-refractivity contribution in [3.8, 4) is 11.3 Å². The van der Waals surface area contributed by atoms with Crippen LogP contribution in [-0.2, 0) is 0 Å². The molecule has 0 spiro atoms. The first-order valence-electron chi connectivity index (χ1n) is 13.1. The van der Waals surface area contributed by atoms with Crippen molar-refractivity contribution < 1.29 is 4.39 Å². The summed E-state index contributed by atoms with van der Waals surface area (Å²) in [6.07, 6.45) is 8.08. The summed E-state index contributed by atoms with van der Waals surface area (Å²) in [6, 6.07) is 3.46. The fourth-order valence-corrected chi connectivity index (χ4v) is 4.93. The Morgan fingerprint density at radius 3 is 2.00 bits per heavy atom. The molecule has 0 amide bonds. The number of imidazole rings is 1. The van der Waals surface area contributed by atoms with Gasteiger partial charge in [-0.05, 0) is 104 Å². The van der Waals surface area contributed by atoms with Crippen LogP contribution in [0.5, 0.6) is 0 Å². The summed E-state index contributed by atoms with van der Waals surface area (Å²) >= 11 is 0. The number of nitrogens with one attached hydrogen (secondary N) is 1. The van der Waals surface area contributed by atoms with Crippen molar-refractivity contribution in [2.75, 3.05) is 0 Å². The van der Waals surface area contributed by atoms with E-state index < -0.39 is 0 Å². The highest BCUT2D eigenvalue weighted by atomic mass is 19.1. The van der Waals surface area contributed by atoms with Gasteiger partial charge in [0.2, 0.25) is 0 Å². The van der Waals surface area contributed by atoms with Crippen LogP contribution in [0.4, 0.5) is 4.39 Å². The van der Waals surface area contributed by atoms with Crippen LogP contribution in [0.1, 0.15) is 92.0 Å². The van der Waals surface area contributed by atoms with Crippen LogP contribution in [-0.4, -0.2) is 25.4 Å². The van der Waals surface area contributed by atoms with Gasteiger partial charge in [0, 0.05) is 35.2 Å². The van der Waals surface area contributed by atoms with Crippen molar-refractivity contribution in [2.24, 2.45) is 5.92 Å². The highest BCUT2D eigenvalue weighted by Crippen LogP contribution is 2.32. The molecule has 1 saturated heterocycles. The number of pyridine rings is 2. The molecule has 0 saturated carbocycles. The van der Waals surface area contributed by atoms with Crippen LogP contribution in [0.15, 0.2) is 42.9 Å². The molecule has 0 radical (unpaired) electrons. The van der Waals surface area contributed by atoms with Crippen molar-refractivity contribution in [1.82, 2.24) is 19.7 Å². The normalized spacial score (nSPS) is 16.0. The van der Waals surface area contributed by atoms with Crippen molar-refractivity contribution in [1.29, 1.82) is 0 Å². The van der Waals surface area contributed by atoms with E-state index in [2.05, 4.69) is 56.5 Å². The molecule has 36 heavy (non-hydrogen) atoms. The second-order valence-electron chi connectivity index (χ2n) is 11.5. The molecule has 4 rings (SSSR count). The number of rotatable bonds is 1. The molecule has 4 nitrogen and oxygen atoms in total. The monoisotopic (exact) mass is 496 g/mol. The molecule has 0 aliphatic carbocycles. The number of halogens is 1. The maximum absolute atomic E-state index is 14.0. The average molecular weight is 497 g/mol. The quantitative estimate of drug-likeness (QED) is 0.343. The van der Waals surface area contributed by atoms with Gasteiger partial charge in [-0.1, -0.05) is 26.3 Å². The molecular formula is C31H49FN4. The minimum Gasteiger partial charge on any atom is -0.307 e. The minimum absolute atomic E-state index is 0.328. The lowest BCUT2D eigenvalue weighted by molar-refractivity contribution is 0.138. The second-order valence-corrected chi connectivity index (χ2v) is 11.5. The zero-order valence-corrected chi connectivity index (χ0v) is 24.8. The minimum atomic E-state index is -0.328. The Kier molecular flexibility index (Phi) is 11.5. The number of fused-ring (bicyclic) bond motifs is 1. The SMILES string of the molecule is C=C(C)C.CC.CC1CC(C)(C)NC(C)(C)C1.Cc1cn2cc(-c3cc(C)c(C)cn3)cc(F)c2n1. The zero-order chi connectivity index (χ0) is 27.8. The smallest absolute Gasteiger partial charge is 0.173 e. The largest absolute Gasteiger partial charge is 0.307 e. The summed E-state index contributed by atoms with van der Waals surface area (Å²) in [5.41, 5.74) is 6.79. The Morgan fingerprint density at radius 2 is 1.53 bits per heavy atom. The highest BCUT2D eigenvalue weighted by molar-refractivity contribution is 5.62. The maximum Gasteiger partial charge on any atom is 0.173 e. The first-order valence-corrected chi connectivity index (χ1v) is 13.1. The predicted molar refractivity (Wildman–Crippen MR) is 154 cm³/mol. The lowest BCUT2D eigenvalue weighted by Crippen LogP contribution is -2.57. The Hall–Kier alpha value is -2.53. The van der Waals surface area contributed by atoms with Crippen LogP contribution < -0.4 is 5.32 Å². The summed E-state index contributed by atoms with van der Waals surface area (Å²) in [6.45, 7) is 28.9. The molecule has 1 aliphatic rings. The van der Waals surface area contributed by atoms with Gasteiger partial charge in [0.15, 0.2) is 11.5 Å². The van der Waals surface area contributed by atoms with E-state index >= 15 is 0 Å². The molecule has 1 aliphatic heterocycles. The standard InChI is InChI=1S/C15H14FN3.C10H21N.C4H8.C2H6/c1-9-4-14(17-6-10(9)2)12-5-13(16)15-18-11(3)7-19(15)8-12;1-8-6-9(2,3)11-10(4,5)7-8;1-4(2)3;1-2/h4-8H,1-3H3;8,11H,6-7H2,1-5H3;1H2,2-3H3;1-2H3. The molecule has 3 aromatic rings. The Balaban J connectivity index is 0.000000324. The van der Waals surface area contributed by atoms with Gasteiger partial charge in [-0.3, -0.25) is 4.98 Å². The molecule has 1 fully saturated rings. The summed E-state index contributed by atoms with van der Waals surface area (Å²) in [5.74, 6) is 0.534. The number of aromatic nitrogens is 3. The van der Waals surface area contributed by atoms with Gasteiger partial charge in [0.25, 0.3) is 0 Å². The van der Waals surface area contributed by atoms with E-state index in [1.165, 1.54) is 24.5 Å². The van der Waals surface area contributed by atoms with E-state index in [0.717, 1.165) is 34.0 Å². The third-order valence-electron chi connectivity index (χ3n) is 5.69. The van der Waals surface area contributed by atoms with Crippen LogP contribution in [0.2, 0.25) is 0 Å². The second kappa shape index (κ2) is 13.1. The molecule has 3 aromatic heterocycles. The summed E-state index contributed by atoms with van der Waals surface area (Å²) in [7, 11) is 0. The van der Waals surface area contributed by atoms with Crippen molar-refractivity contribution in [2.45, 2.75) is 107 Å². The molecule has 0 aromatic carbocycles. The van der Waals surface area contributed by atoms with E-state index in [0.29, 0.717) is 16.7 Å². The Labute approximate surface area is 219 Å². The topological polar surface area (TPSA) is 42.2 Å². The van der Waals surface area contributed by atoms with Gasteiger partial charge in [-0.2, -0.15) is 0 Å². The third kappa shape index (κ3) is 9.85. The summed E-state index contributed by atoms with van der Waals surface area (Å²) in [4.78, 5) is 8.51. The highest BCUT2D eigenvalue weighted by Gasteiger charge is 2.35. The van der Waals surface area contributed by atoms with Crippen molar-refractivity contribution in [3.05, 3.63) is 65.5 Å². The summed E-state index contributed by atoms with van der Waals surface area (Å²) in [5, 5.41) is 3.66. The van der Waals surface area contributed by atoms with Gasteiger partial charge < -0.3 is 9.72 Å². The number of piperidine rings is 1. The Bertz CT molecular complexity index is 1120. The van der Waals surface area contributed by atoms with Crippen LogP contribution in [0, 0.1) is 32.5 Å². The van der Waals surface area contributed by atoms with E-state index in [9.17, 15) is 4.39 Å². The van der Waals surface area contributed by atoms with E-state index in [-0.39, 0.29) is 5.82 Å². The number of nitrogens with zero attached hydrogens (tertiary/aromatic N) is 3. The molecular weight excluding hydrogens is 447 g/mol. The van der Waals surface area contributed by atoms with Crippen LogP contribution in [0.25, 0.3) is 16.9 Å². The van der Waals surface area contributed by atoms with Gasteiger partial charge in [-0.25, -0.2) is 9.37 Å². The number of hydrogen-bond donors (Lipinski definition) is 1. The molecule has 0 atom stereocenters. The number of allylic oxidation sites excluding steroid dienone is 1. The molecule has 4 heterocycles. The number of hydrogen-bond acceptors (Lipinski definition) is 3. The third-order valence-corrected chi connectivity index (χ3v) is 5.69. The van der Waals surface area contributed by atoms with Crippen LogP contribution in [0.3, 0.4) is 0 Å². The van der Waals surface area contributed by atoms with Gasteiger partial charge in [-0.15, -0.1) is 6.58 Å².